The van der Waals surface area contributed by atoms with Crippen LogP contribution < -0.4 is 5.32 Å². The van der Waals surface area contributed by atoms with Gasteiger partial charge >= 0.3 is 5.97 Å². The topological polar surface area (TPSA) is 66.4 Å². The Morgan fingerprint density at radius 3 is 2.57 bits per heavy atom. The van der Waals surface area contributed by atoms with E-state index in [0.29, 0.717) is 15.6 Å². The molecule has 0 spiro atoms. The summed E-state index contributed by atoms with van der Waals surface area (Å²) in [6.45, 7) is 0.242. The van der Waals surface area contributed by atoms with Crippen molar-refractivity contribution in [3.63, 3.8) is 0 Å². The molecule has 23 heavy (non-hydrogen) atoms. The van der Waals surface area contributed by atoms with Crippen molar-refractivity contribution in [2.75, 3.05) is 0 Å². The average molecular weight is 350 g/mol. The zero-order valence-corrected chi connectivity index (χ0v) is 13.4. The molecule has 2 rings (SSSR count). The van der Waals surface area contributed by atoms with Crippen molar-refractivity contribution in [2.45, 2.75) is 6.54 Å². The molecule has 0 saturated carbocycles. The van der Waals surface area contributed by atoms with Gasteiger partial charge in [-0.25, -0.2) is 4.79 Å². The third-order valence-electron chi connectivity index (χ3n) is 3.01. The number of carboxylic acid groups (broad SMARTS) is 1. The summed E-state index contributed by atoms with van der Waals surface area (Å²) in [5.41, 5.74) is 1.65. The Morgan fingerprint density at radius 1 is 1.09 bits per heavy atom. The van der Waals surface area contributed by atoms with Crippen LogP contribution in [0.4, 0.5) is 0 Å². The van der Waals surface area contributed by atoms with E-state index in [1.54, 1.807) is 36.4 Å². The lowest BCUT2D eigenvalue weighted by Gasteiger charge is -2.04. The van der Waals surface area contributed by atoms with Crippen molar-refractivity contribution < 1.29 is 14.7 Å². The molecule has 0 saturated heterocycles. The summed E-state index contributed by atoms with van der Waals surface area (Å²) in [7, 11) is 0. The van der Waals surface area contributed by atoms with Gasteiger partial charge in [-0.15, -0.1) is 0 Å². The predicted octanol–water partition coefficient (Wildman–Crippen LogP) is 4.02. The highest BCUT2D eigenvalue weighted by Gasteiger charge is 2.04. The first-order valence-corrected chi connectivity index (χ1v) is 7.44. The molecule has 0 bridgehead atoms. The highest BCUT2D eigenvalue weighted by atomic mass is 35.5. The maximum absolute atomic E-state index is 11.8. The molecule has 2 N–H and O–H groups in total. The number of carbonyl (C=O) groups is 2. The van der Waals surface area contributed by atoms with Gasteiger partial charge in [-0.1, -0.05) is 41.4 Å². The number of carboxylic acids is 1. The Balaban J connectivity index is 1.94. The van der Waals surface area contributed by atoms with Gasteiger partial charge in [-0.05, 0) is 41.5 Å². The number of hydrogen-bond acceptors (Lipinski definition) is 2. The third kappa shape index (κ3) is 5.13. The van der Waals surface area contributed by atoms with E-state index in [9.17, 15) is 9.59 Å². The molecule has 0 aliphatic carbocycles. The van der Waals surface area contributed by atoms with Gasteiger partial charge in [0.25, 0.3) is 0 Å². The van der Waals surface area contributed by atoms with Crippen LogP contribution in [-0.2, 0) is 11.3 Å². The van der Waals surface area contributed by atoms with Gasteiger partial charge in [0.15, 0.2) is 0 Å². The van der Waals surface area contributed by atoms with Gasteiger partial charge in [-0.3, -0.25) is 4.79 Å². The number of rotatable bonds is 5. The molecule has 0 fully saturated rings. The molecule has 0 radical (unpaired) electrons. The standard InChI is InChI=1S/C17H13Cl2NO3/c18-14-6-4-11(9-15(14)19)5-7-16(21)20-10-12-2-1-3-13(8-12)17(22)23/h1-9H,10H2,(H,20,21)(H,22,23)/b7-5+. The van der Waals surface area contributed by atoms with Crippen LogP contribution in [0.2, 0.25) is 10.0 Å². The molecule has 0 aliphatic rings. The van der Waals surface area contributed by atoms with Crippen LogP contribution in [0.1, 0.15) is 21.5 Å². The molecule has 0 heterocycles. The minimum Gasteiger partial charge on any atom is -0.478 e. The summed E-state index contributed by atoms with van der Waals surface area (Å²) in [6.07, 6.45) is 2.99. The van der Waals surface area contributed by atoms with Gasteiger partial charge in [0.05, 0.1) is 15.6 Å². The van der Waals surface area contributed by atoms with Gasteiger partial charge in [0.2, 0.25) is 5.91 Å². The molecular weight excluding hydrogens is 337 g/mol. The second-order valence-corrected chi connectivity index (χ2v) is 5.54. The maximum atomic E-state index is 11.8. The normalized spacial score (nSPS) is 10.7. The Hall–Kier alpha value is -2.30. The SMILES string of the molecule is O=C(/C=C/c1ccc(Cl)c(Cl)c1)NCc1cccc(C(=O)O)c1. The fourth-order valence-electron chi connectivity index (χ4n) is 1.85. The fourth-order valence-corrected chi connectivity index (χ4v) is 2.16. The molecule has 0 unspecified atom stereocenters. The predicted molar refractivity (Wildman–Crippen MR) is 90.7 cm³/mol. The van der Waals surface area contributed by atoms with Gasteiger partial charge in [0.1, 0.15) is 0 Å². The number of aromatic carboxylic acids is 1. The lowest BCUT2D eigenvalue weighted by molar-refractivity contribution is -0.116. The van der Waals surface area contributed by atoms with Crippen LogP contribution in [0.3, 0.4) is 0 Å². The Kier molecular flexibility index (Phi) is 5.79. The smallest absolute Gasteiger partial charge is 0.335 e. The Labute approximate surface area is 143 Å². The van der Waals surface area contributed by atoms with E-state index in [4.69, 9.17) is 28.3 Å². The monoisotopic (exact) mass is 349 g/mol. The lowest BCUT2D eigenvalue weighted by atomic mass is 10.1. The van der Waals surface area contributed by atoms with Gasteiger partial charge in [-0.2, -0.15) is 0 Å². The average Bonchev–Trinajstić information content (AvgIpc) is 2.54. The molecule has 0 atom stereocenters. The fraction of sp³-hybridized carbons (Fsp3) is 0.0588. The molecule has 2 aromatic carbocycles. The molecular formula is C17H13Cl2NO3. The quantitative estimate of drug-likeness (QED) is 0.801. The third-order valence-corrected chi connectivity index (χ3v) is 3.75. The molecule has 0 aromatic heterocycles. The second-order valence-electron chi connectivity index (χ2n) is 4.73. The summed E-state index contributed by atoms with van der Waals surface area (Å²) in [6, 6.07) is 11.5. The first kappa shape index (κ1) is 17.1. The molecule has 0 aliphatic heterocycles. The van der Waals surface area contributed by atoms with E-state index in [1.165, 1.54) is 18.2 Å². The molecule has 6 heteroatoms. The van der Waals surface area contributed by atoms with E-state index >= 15 is 0 Å². The minimum atomic E-state index is -1.00. The van der Waals surface area contributed by atoms with Crippen molar-refractivity contribution in [1.82, 2.24) is 5.32 Å². The minimum absolute atomic E-state index is 0.183. The number of carbonyl (C=O) groups excluding carboxylic acids is 1. The second kappa shape index (κ2) is 7.81. The van der Waals surface area contributed by atoms with E-state index in [1.807, 2.05) is 0 Å². The van der Waals surface area contributed by atoms with Crippen molar-refractivity contribution in [2.24, 2.45) is 0 Å². The molecule has 118 valence electrons. The first-order chi connectivity index (χ1) is 11.0. The highest BCUT2D eigenvalue weighted by Crippen LogP contribution is 2.23. The molecule has 2 aromatic rings. The van der Waals surface area contributed by atoms with Crippen molar-refractivity contribution in [3.8, 4) is 0 Å². The summed E-state index contributed by atoms with van der Waals surface area (Å²) < 4.78 is 0. The van der Waals surface area contributed by atoms with Crippen LogP contribution in [0, 0.1) is 0 Å². The van der Waals surface area contributed by atoms with E-state index in [0.717, 1.165) is 5.56 Å². The van der Waals surface area contributed by atoms with Gasteiger partial charge < -0.3 is 10.4 Å². The van der Waals surface area contributed by atoms with E-state index in [2.05, 4.69) is 5.32 Å². The highest BCUT2D eigenvalue weighted by molar-refractivity contribution is 6.42. The first-order valence-electron chi connectivity index (χ1n) is 6.69. The van der Waals surface area contributed by atoms with Crippen molar-refractivity contribution in [1.29, 1.82) is 0 Å². The summed E-state index contributed by atoms with van der Waals surface area (Å²) in [4.78, 5) is 22.7. The van der Waals surface area contributed by atoms with Crippen LogP contribution in [-0.4, -0.2) is 17.0 Å². The number of nitrogens with one attached hydrogen (secondary N) is 1. The maximum Gasteiger partial charge on any atom is 0.335 e. The van der Waals surface area contributed by atoms with E-state index < -0.39 is 5.97 Å². The van der Waals surface area contributed by atoms with Crippen LogP contribution >= 0.6 is 23.2 Å². The summed E-state index contributed by atoms with van der Waals surface area (Å²) in [5.74, 6) is -1.30. The largest absolute Gasteiger partial charge is 0.478 e. The number of amides is 1. The van der Waals surface area contributed by atoms with Crippen molar-refractivity contribution >= 4 is 41.2 Å². The zero-order chi connectivity index (χ0) is 16.8. The Morgan fingerprint density at radius 2 is 1.87 bits per heavy atom. The molecule has 1 amide bonds. The van der Waals surface area contributed by atoms with Crippen LogP contribution in [0.25, 0.3) is 6.08 Å². The van der Waals surface area contributed by atoms with Crippen molar-refractivity contribution in [3.05, 3.63) is 75.3 Å². The number of halogens is 2. The summed E-state index contributed by atoms with van der Waals surface area (Å²) in [5, 5.41) is 12.5. The molecule has 4 nitrogen and oxygen atoms in total. The van der Waals surface area contributed by atoms with Gasteiger partial charge in [0, 0.05) is 12.6 Å². The lowest BCUT2D eigenvalue weighted by Crippen LogP contribution is -2.20. The number of hydrogen-bond donors (Lipinski definition) is 2. The van der Waals surface area contributed by atoms with Crippen LogP contribution in [0.15, 0.2) is 48.5 Å². The zero-order valence-electron chi connectivity index (χ0n) is 11.9. The Bertz CT molecular complexity index is 772. The summed E-state index contributed by atoms with van der Waals surface area (Å²) >= 11 is 11.7. The number of benzene rings is 2. The van der Waals surface area contributed by atoms with E-state index in [-0.39, 0.29) is 18.0 Å². The van der Waals surface area contributed by atoms with Crippen LogP contribution in [0.5, 0.6) is 0 Å².